The summed E-state index contributed by atoms with van der Waals surface area (Å²) in [4.78, 5) is 0. The van der Waals surface area contributed by atoms with Gasteiger partial charge in [-0.25, -0.2) is 0 Å². The molecule has 0 aliphatic heterocycles. The minimum absolute atomic E-state index is 0.0988. The normalized spacial score (nSPS) is 11.7. The largest absolute Gasteiger partial charge is 0.573 e. The molecular formula is C20H14F6N2O6. The van der Waals surface area contributed by atoms with Crippen LogP contribution in [0.1, 0.15) is 0 Å². The van der Waals surface area contributed by atoms with Gasteiger partial charge in [0.1, 0.15) is 23.0 Å². The first-order valence-corrected chi connectivity index (χ1v) is 8.92. The fourth-order valence-electron chi connectivity index (χ4n) is 2.58. The lowest BCUT2D eigenvalue weighted by Crippen LogP contribution is -2.17. The van der Waals surface area contributed by atoms with Crippen molar-refractivity contribution in [1.29, 1.82) is 0 Å². The van der Waals surface area contributed by atoms with Gasteiger partial charge >= 0.3 is 12.7 Å². The monoisotopic (exact) mass is 492 g/mol. The van der Waals surface area contributed by atoms with Crippen LogP contribution in [0.5, 0.6) is 46.0 Å². The van der Waals surface area contributed by atoms with Crippen LogP contribution in [0, 0.1) is 0 Å². The number of rotatable bonds is 6. The van der Waals surface area contributed by atoms with Crippen molar-refractivity contribution in [1.82, 2.24) is 0 Å². The smallest absolute Gasteiger partial charge is 0.503 e. The third kappa shape index (κ3) is 6.34. The molecule has 6 N–H and O–H groups in total. The van der Waals surface area contributed by atoms with Crippen LogP contribution in [0.3, 0.4) is 0 Å². The Morgan fingerprint density at radius 3 is 1.18 bits per heavy atom. The van der Waals surface area contributed by atoms with Crippen molar-refractivity contribution in [3.63, 3.8) is 0 Å². The van der Waals surface area contributed by atoms with E-state index in [-0.39, 0.29) is 23.0 Å². The van der Waals surface area contributed by atoms with Crippen molar-refractivity contribution >= 4 is 11.4 Å². The van der Waals surface area contributed by atoms with Crippen LogP contribution in [0.25, 0.3) is 0 Å². The van der Waals surface area contributed by atoms with Crippen molar-refractivity contribution < 1.29 is 55.5 Å². The number of alkyl halides is 6. The van der Waals surface area contributed by atoms with Gasteiger partial charge < -0.3 is 40.6 Å². The maximum atomic E-state index is 12.5. The summed E-state index contributed by atoms with van der Waals surface area (Å²) in [5, 5.41) is 19.3. The number of phenolic OH excluding ortho intramolecular Hbond substituents is 2. The van der Waals surface area contributed by atoms with Crippen molar-refractivity contribution in [2.45, 2.75) is 12.7 Å². The van der Waals surface area contributed by atoms with Crippen molar-refractivity contribution in [2.24, 2.45) is 0 Å². The van der Waals surface area contributed by atoms with Crippen LogP contribution in [0.15, 0.2) is 48.5 Å². The van der Waals surface area contributed by atoms with E-state index in [9.17, 15) is 36.6 Å². The van der Waals surface area contributed by atoms with Gasteiger partial charge in [0.25, 0.3) is 0 Å². The molecule has 0 atom stereocenters. The van der Waals surface area contributed by atoms with Gasteiger partial charge in [-0.05, 0) is 24.3 Å². The molecule has 0 radical (unpaired) electrons. The second-order valence-electron chi connectivity index (χ2n) is 6.49. The van der Waals surface area contributed by atoms with E-state index in [1.165, 1.54) is 24.3 Å². The van der Waals surface area contributed by atoms with Crippen LogP contribution in [-0.4, -0.2) is 22.9 Å². The van der Waals surface area contributed by atoms with Crippen molar-refractivity contribution in [2.75, 3.05) is 11.5 Å². The van der Waals surface area contributed by atoms with Gasteiger partial charge in [-0.3, -0.25) is 0 Å². The van der Waals surface area contributed by atoms with Gasteiger partial charge in [-0.15, -0.1) is 26.3 Å². The summed E-state index contributed by atoms with van der Waals surface area (Å²) in [5.74, 6) is -3.96. The Morgan fingerprint density at radius 1 is 0.559 bits per heavy atom. The highest BCUT2D eigenvalue weighted by Crippen LogP contribution is 2.42. The summed E-state index contributed by atoms with van der Waals surface area (Å²) in [7, 11) is 0. The number of halogens is 6. The average molecular weight is 492 g/mol. The van der Waals surface area contributed by atoms with Gasteiger partial charge in [0, 0.05) is 24.3 Å². The molecule has 0 unspecified atom stereocenters. The SMILES string of the molecule is Nc1cc(Oc2ccc(Oc3cc(N)c(O)c(OC(F)(F)F)c3)cc2)cc(OC(F)(F)F)c1O. The zero-order chi connectivity index (χ0) is 25.3. The Balaban J connectivity index is 1.77. The molecule has 0 heterocycles. The summed E-state index contributed by atoms with van der Waals surface area (Å²) in [5.41, 5.74) is 10.1. The lowest BCUT2D eigenvalue weighted by molar-refractivity contribution is -0.276. The van der Waals surface area contributed by atoms with Crippen LogP contribution >= 0.6 is 0 Å². The molecule has 8 nitrogen and oxygen atoms in total. The number of ether oxygens (including phenoxy) is 4. The van der Waals surface area contributed by atoms with Gasteiger partial charge in [-0.1, -0.05) is 0 Å². The number of phenols is 2. The number of nitrogens with two attached hydrogens (primary N) is 2. The molecule has 34 heavy (non-hydrogen) atoms. The number of anilines is 2. The van der Waals surface area contributed by atoms with E-state index in [1.54, 1.807) is 0 Å². The van der Waals surface area contributed by atoms with E-state index in [4.69, 9.17) is 20.9 Å². The number of hydrogen-bond acceptors (Lipinski definition) is 8. The topological polar surface area (TPSA) is 129 Å². The Labute approximate surface area is 186 Å². The molecule has 0 spiro atoms. The highest BCUT2D eigenvalue weighted by Gasteiger charge is 2.34. The van der Waals surface area contributed by atoms with Gasteiger partial charge in [0.2, 0.25) is 0 Å². The first-order chi connectivity index (χ1) is 15.7. The number of aromatic hydroxyl groups is 2. The summed E-state index contributed by atoms with van der Waals surface area (Å²) in [6.45, 7) is 0. The Morgan fingerprint density at radius 2 is 0.882 bits per heavy atom. The van der Waals surface area contributed by atoms with Crippen LogP contribution in [-0.2, 0) is 0 Å². The molecule has 14 heteroatoms. The maximum absolute atomic E-state index is 12.5. The van der Waals surface area contributed by atoms with Crippen LogP contribution in [0.4, 0.5) is 37.7 Å². The molecule has 3 rings (SSSR count). The second kappa shape index (κ2) is 8.88. The Bertz CT molecular complexity index is 1090. The third-order valence-corrected chi connectivity index (χ3v) is 3.90. The lowest BCUT2D eigenvalue weighted by atomic mass is 10.2. The predicted octanol–water partition coefficient (Wildman–Crippen LogP) is 5.64. The van der Waals surface area contributed by atoms with E-state index in [0.717, 1.165) is 24.3 Å². The quantitative estimate of drug-likeness (QED) is 0.198. The van der Waals surface area contributed by atoms with Crippen molar-refractivity contribution in [3.8, 4) is 46.0 Å². The van der Waals surface area contributed by atoms with Gasteiger partial charge in [0.15, 0.2) is 23.0 Å². The fraction of sp³-hybridized carbons (Fsp3) is 0.100. The number of nitrogen functional groups attached to an aromatic ring is 2. The molecule has 0 amide bonds. The van der Waals surface area contributed by atoms with E-state index < -0.39 is 47.1 Å². The maximum Gasteiger partial charge on any atom is 0.573 e. The molecule has 0 aliphatic carbocycles. The highest BCUT2D eigenvalue weighted by molar-refractivity contribution is 5.64. The summed E-state index contributed by atoms with van der Waals surface area (Å²) in [6, 6.07) is 8.93. The molecule has 0 aromatic heterocycles. The molecule has 3 aromatic carbocycles. The second-order valence-corrected chi connectivity index (χ2v) is 6.49. The molecule has 0 bridgehead atoms. The molecule has 3 aromatic rings. The average Bonchev–Trinajstić information content (AvgIpc) is 2.69. The molecule has 182 valence electrons. The van der Waals surface area contributed by atoms with Gasteiger partial charge in [0.05, 0.1) is 11.4 Å². The number of benzene rings is 3. The molecule has 0 aliphatic rings. The van der Waals surface area contributed by atoms with E-state index in [1.807, 2.05) is 0 Å². The highest BCUT2D eigenvalue weighted by atomic mass is 19.4. The minimum atomic E-state index is -5.08. The minimum Gasteiger partial charge on any atom is -0.503 e. The Kier molecular flexibility index (Phi) is 6.34. The number of hydrogen-bond donors (Lipinski definition) is 4. The summed E-state index contributed by atoms with van der Waals surface area (Å²) < 4.78 is 93.0. The first kappa shape index (κ1) is 24.3. The standard InChI is InChI=1S/C20H14F6N2O6/c21-19(22,23)33-15-7-11(5-13(27)17(15)29)31-9-1-2-10(4-3-9)32-12-6-14(28)18(30)16(8-12)34-20(24,25)26/h1-8,29-30H,27-28H2. The Hall–Kier alpha value is -4.36. The molecule has 0 saturated carbocycles. The van der Waals surface area contributed by atoms with Crippen molar-refractivity contribution in [3.05, 3.63) is 48.5 Å². The molecular weight excluding hydrogens is 478 g/mol. The zero-order valence-corrected chi connectivity index (χ0v) is 16.6. The first-order valence-electron chi connectivity index (χ1n) is 8.92. The van der Waals surface area contributed by atoms with E-state index in [2.05, 4.69) is 9.47 Å². The van der Waals surface area contributed by atoms with E-state index >= 15 is 0 Å². The summed E-state index contributed by atoms with van der Waals surface area (Å²) in [6.07, 6.45) is -10.2. The summed E-state index contributed by atoms with van der Waals surface area (Å²) >= 11 is 0. The van der Waals surface area contributed by atoms with Gasteiger partial charge in [-0.2, -0.15) is 0 Å². The molecule has 0 fully saturated rings. The zero-order valence-electron chi connectivity index (χ0n) is 16.6. The third-order valence-electron chi connectivity index (χ3n) is 3.90. The fourth-order valence-corrected chi connectivity index (χ4v) is 2.58. The molecule has 0 saturated heterocycles. The van der Waals surface area contributed by atoms with E-state index in [0.29, 0.717) is 0 Å². The predicted molar refractivity (Wildman–Crippen MR) is 105 cm³/mol. The van der Waals surface area contributed by atoms with Crippen LogP contribution in [0.2, 0.25) is 0 Å². The van der Waals surface area contributed by atoms with Crippen LogP contribution < -0.4 is 30.4 Å². The lowest BCUT2D eigenvalue weighted by Gasteiger charge is -2.15.